The number of hydrogen-bond acceptors (Lipinski definition) is 1. The van der Waals surface area contributed by atoms with Crippen LogP contribution in [0.2, 0.25) is 0 Å². The van der Waals surface area contributed by atoms with E-state index in [1.165, 1.54) is 12.1 Å². The Labute approximate surface area is 108 Å². The Bertz CT molecular complexity index is 346. The Morgan fingerprint density at radius 2 is 1.71 bits per heavy atom. The van der Waals surface area contributed by atoms with Gasteiger partial charge in [-0.2, -0.15) is 13.2 Å². The van der Waals surface area contributed by atoms with Crippen LogP contribution in [0.3, 0.4) is 0 Å². The largest absolute Gasteiger partial charge is 0.416 e. The van der Waals surface area contributed by atoms with Gasteiger partial charge in [0, 0.05) is 16.6 Å². The molecule has 0 heterocycles. The van der Waals surface area contributed by atoms with E-state index >= 15 is 0 Å². The van der Waals surface area contributed by atoms with Gasteiger partial charge in [0.25, 0.3) is 0 Å². The predicted octanol–water partition coefficient (Wildman–Crippen LogP) is 4.68. The van der Waals surface area contributed by atoms with Crippen LogP contribution in [0.1, 0.15) is 25.8 Å². The molecule has 2 unspecified atom stereocenters. The van der Waals surface area contributed by atoms with Crippen LogP contribution in [-0.4, -0.2) is 10.9 Å². The van der Waals surface area contributed by atoms with Gasteiger partial charge in [-0.05, 0) is 37.6 Å². The first-order chi connectivity index (χ1) is 7.79. The zero-order valence-electron chi connectivity index (χ0n) is 9.68. The van der Waals surface area contributed by atoms with E-state index in [2.05, 4.69) is 21.2 Å². The van der Waals surface area contributed by atoms with Gasteiger partial charge in [-0.1, -0.05) is 22.9 Å². The molecule has 0 bridgehead atoms. The monoisotopic (exact) mass is 309 g/mol. The predicted molar refractivity (Wildman–Crippen MR) is 67.5 cm³/mol. The topological polar surface area (TPSA) is 12.0 Å². The molecule has 1 aromatic carbocycles. The average molecular weight is 310 g/mol. The van der Waals surface area contributed by atoms with Crippen LogP contribution in [0.25, 0.3) is 0 Å². The first kappa shape index (κ1) is 14.4. The van der Waals surface area contributed by atoms with Gasteiger partial charge in [-0.3, -0.25) is 0 Å². The van der Waals surface area contributed by atoms with E-state index < -0.39 is 11.7 Å². The number of rotatable bonds is 4. The first-order valence-electron chi connectivity index (χ1n) is 5.37. The molecule has 96 valence electrons. The summed E-state index contributed by atoms with van der Waals surface area (Å²) in [6.07, 6.45) is -3.37. The molecule has 0 aliphatic heterocycles. The maximum absolute atomic E-state index is 12.3. The van der Waals surface area contributed by atoms with Crippen LogP contribution in [0.4, 0.5) is 18.9 Å². The fraction of sp³-hybridized carbons (Fsp3) is 0.500. The number of nitrogens with one attached hydrogen (secondary N) is 1. The van der Waals surface area contributed by atoms with Crippen molar-refractivity contribution in [3.05, 3.63) is 29.8 Å². The molecule has 0 fully saturated rings. The Balaban J connectivity index is 2.63. The van der Waals surface area contributed by atoms with Crippen molar-refractivity contribution in [3.8, 4) is 0 Å². The molecule has 0 aromatic heterocycles. The molecule has 1 N–H and O–H groups in total. The highest BCUT2D eigenvalue weighted by Gasteiger charge is 2.29. The molecule has 17 heavy (non-hydrogen) atoms. The summed E-state index contributed by atoms with van der Waals surface area (Å²) in [6, 6.07) is 5.30. The average Bonchev–Trinajstić information content (AvgIpc) is 2.15. The number of benzene rings is 1. The summed E-state index contributed by atoms with van der Waals surface area (Å²) in [5.74, 6) is 0. The van der Waals surface area contributed by atoms with Crippen LogP contribution in [0.15, 0.2) is 24.3 Å². The Morgan fingerprint density at radius 3 is 2.12 bits per heavy atom. The van der Waals surface area contributed by atoms with Crippen molar-refractivity contribution in [3.63, 3.8) is 0 Å². The first-order valence-corrected chi connectivity index (χ1v) is 6.28. The summed E-state index contributed by atoms with van der Waals surface area (Å²) in [6.45, 7) is 4.03. The third kappa shape index (κ3) is 4.98. The van der Waals surface area contributed by atoms with E-state index in [-0.39, 0.29) is 6.04 Å². The summed E-state index contributed by atoms with van der Waals surface area (Å²) in [4.78, 5) is 0.374. The van der Waals surface area contributed by atoms with Crippen molar-refractivity contribution in [2.75, 3.05) is 5.32 Å². The van der Waals surface area contributed by atoms with Gasteiger partial charge in [0.1, 0.15) is 0 Å². The van der Waals surface area contributed by atoms with Gasteiger partial charge in [0.2, 0.25) is 0 Å². The summed E-state index contributed by atoms with van der Waals surface area (Å²) in [5, 5.41) is 3.15. The zero-order valence-corrected chi connectivity index (χ0v) is 11.3. The highest BCUT2D eigenvalue weighted by atomic mass is 79.9. The normalized spacial score (nSPS) is 15.4. The molecule has 1 nitrogen and oxygen atoms in total. The Morgan fingerprint density at radius 1 is 1.18 bits per heavy atom. The number of hydrogen-bond donors (Lipinski definition) is 1. The summed E-state index contributed by atoms with van der Waals surface area (Å²) < 4.78 is 37.0. The molecular formula is C12H15BrF3N. The van der Waals surface area contributed by atoms with E-state index in [0.717, 1.165) is 18.6 Å². The van der Waals surface area contributed by atoms with Crippen molar-refractivity contribution in [2.24, 2.45) is 0 Å². The van der Waals surface area contributed by atoms with Crippen molar-refractivity contribution >= 4 is 21.6 Å². The Hall–Kier alpha value is -0.710. The molecule has 0 saturated carbocycles. The van der Waals surface area contributed by atoms with E-state index in [0.29, 0.717) is 10.5 Å². The number of anilines is 1. The molecule has 1 rings (SSSR count). The van der Waals surface area contributed by atoms with Gasteiger partial charge >= 0.3 is 6.18 Å². The molecule has 0 radical (unpaired) electrons. The quantitative estimate of drug-likeness (QED) is 0.796. The molecule has 2 atom stereocenters. The van der Waals surface area contributed by atoms with Crippen molar-refractivity contribution < 1.29 is 13.2 Å². The maximum atomic E-state index is 12.3. The maximum Gasteiger partial charge on any atom is 0.416 e. The number of alkyl halides is 4. The summed E-state index contributed by atoms with van der Waals surface area (Å²) >= 11 is 3.44. The van der Waals surface area contributed by atoms with Gasteiger partial charge in [0.05, 0.1) is 5.56 Å². The SMILES string of the molecule is CC(Br)CC(C)Nc1ccc(C(F)(F)F)cc1. The zero-order chi connectivity index (χ0) is 13.1. The van der Waals surface area contributed by atoms with Gasteiger partial charge in [0.15, 0.2) is 0 Å². The molecule has 0 aliphatic carbocycles. The van der Waals surface area contributed by atoms with Crippen molar-refractivity contribution in [1.82, 2.24) is 0 Å². The van der Waals surface area contributed by atoms with Crippen LogP contribution >= 0.6 is 15.9 Å². The van der Waals surface area contributed by atoms with E-state index in [4.69, 9.17) is 0 Å². The lowest BCUT2D eigenvalue weighted by Crippen LogP contribution is -2.18. The minimum atomic E-state index is -4.27. The third-order valence-electron chi connectivity index (χ3n) is 2.30. The molecule has 0 spiro atoms. The van der Waals surface area contributed by atoms with Gasteiger partial charge in [-0.25, -0.2) is 0 Å². The molecule has 0 saturated heterocycles. The van der Waals surface area contributed by atoms with Crippen LogP contribution < -0.4 is 5.32 Å². The fourth-order valence-electron chi connectivity index (χ4n) is 1.59. The van der Waals surface area contributed by atoms with Crippen LogP contribution in [0, 0.1) is 0 Å². The van der Waals surface area contributed by atoms with E-state index in [9.17, 15) is 13.2 Å². The highest BCUT2D eigenvalue weighted by molar-refractivity contribution is 9.09. The smallest absolute Gasteiger partial charge is 0.383 e. The van der Waals surface area contributed by atoms with Crippen molar-refractivity contribution in [1.29, 1.82) is 0 Å². The lowest BCUT2D eigenvalue weighted by atomic mass is 10.1. The van der Waals surface area contributed by atoms with E-state index in [1.807, 2.05) is 13.8 Å². The third-order valence-corrected chi connectivity index (χ3v) is 2.68. The molecular weight excluding hydrogens is 295 g/mol. The molecule has 0 aliphatic rings. The second-order valence-electron chi connectivity index (χ2n) is 4.14. The molecule has 5 heteroatoms. The second kappa shape index (κ2) is 5.76. The van der Waals surface area contributed by atoms with E-state index in [1.54, 1.807) is 0 Å². The lowest BCUT2D eigenvalue weighted by molar-refractivity contribution is -0.137. The van der Waals surface area contributed by atoms with Crippen LogP contribution in [-0.2, 0) is 6.18 Å². The lowest BCUT2D eigenvalue weighted by Gasteiger charge is -2.17. The fourth-order valence-corrected chi connectivity index (χ4v) is 2.15. The van der Waals surface area contributed by atoms with Crippen LogP contribution in [0.5, 0.6) is 0 Å². The van der Waals surface area contributed by atoms with Crippen molar-refractivity contribution in [2.45, 2.75) is 37.3 Å². The summed E-state index contributed by atoms with van der Waals surface area (Å²) in [5.41, 5.74) is 0.0863. The highest BCUT2D eigenvalue weighted by Crippen LogP contribution is 2.30. The summed E-state index contributed by atoms with van der Waals surface area (Å²) in [7, 11) is 0. The Kier molecular flexibility index (Phi) is 4.86. The molecule has 1 aromatic rings. The molecule has 0 amide bonds. The van der Waals surface area contributed by atoms with Gasteiger partial charge in [-0.15, -0.1) is 0 Å². The van der Waals surface area contributed by atoms with Gasteiger partial charge < -0.3 is 5.32 Å². The minimum Gasteiger partial charge on any atom is -0.383 e. The standard InChI is InChI=1S/C12H15BrF3N/c1-8(13)7-9(2)17-11-5-3-10(4-6-11)12(14,15)16/h3-6,8-9,17H,7H2,1-2H3. The minimum absolute atomic E-state index is 0.209. The second-order valence-corrected chi connectivity index (χ2v) is 5.70. The number of halogens is 4.